The summed E-state index contributed by atoms with van der Waals surface area (Å²) in [6.45, 7) is 2.13. The van der Waals surface area contributed by atoms with Gasteiger partial charge in [0.25, 0.3) is 0 Å². The van der Waals surface area contributed by atoms with E-state index in [-0.39, 0.29) is 6.54 Å². The van der Waals surface area contributed by atoms with Crippen LogP contribution in [0.2, 0.25) is 5.02 Å². The molecule has 1 fully saturated rings. The van der Waals surface area contributed by atoms with E-state index in [1.54, 1.807) is 31.2 Å². The molecule has 0 saturated carbocycles. The van der Waals surface area contributed by atoms with Crippen molar-refractivity contribution in [3.05, 3.63) is 40.3 Å². The van der Waals surface area contributed by atoms with E-state index in [2.05, 4.69) is 0 Å². The van der Waals surface area contributed by atoms with Crippen molar-refractivity contribution in [1.29, 1.82) is 0 Å². The highest BCUT2D eigenvalue weighted by molar-refractivity contribution is 7.92. The van der Waals surface area contributed by atoms with Crippen LogP contribution >= 0.6 is 11.6 Å². The second-order valence-corrected chi connectivity index (χ2v) is 7.23. The monoisotopic (exact) mass is 301 g/mol. The van der Waals surface area contributed by atoms with E-state index in [1.165, 1.54) is 10.4 Å². The first-order valence-electron chi connectivity index (χ1n) is 5.95. The number of hydrogen-bond donors (Lipinski definition) is 1. The van der Waals surface area contributed by atoms with Gasteiger partial charge in [0.2, 0.25) is 10.0 Å². The third-order valence-corrected chi connectivity index (χ3v) is 4.84. The van der Waals surface area contributed by atoms with Crippen LogP contribution in [-0.4, -0.2) is 36.5 Å². The zero-order valence-electron chi connectivity index (χ0n) is 10.6. The summed E-state index contributed by atoms with van der Waals surface area (Å²) in [5.74, 6) is 0. The van der Waals surface area contributed by atoms with Gasteiger partial charge >= 0.3 is 0 Å². The van der Waals surface area contributed by atoms with E-state index in [1.807, 2.05) is 0 Å². The quantitative estimate of drug-likeness (QED) is 0.930. The summed E-state index contributed by atoms with van der Waals surface area (Å²) in [6, 6.07) is 6.89. The standard InChI is InChI=1S/C13H16ClNO3S/c1-13(16)7-8-15(10-13)19(17,18)9-6-11-2-4-12(14)5-3-11/h2-6,9,16H,7-8,10H2,1H3/b9-6+. The molecule has 0 spiro atoms. The van der Waals surface area contributed by atoms with Crippen molar-refractivity contribution in [2.75, 3.05) is 13.1 Å². The SMILES string of the molecule is CC1(O)CCN(S(=O)(=O)/C=C/c2ccc(Cl)cc2)C1. The van der Waals surface area contributed by atoms with Gasteiger partial charge in [0.05, 0.1) is 5.60 Å². The lowest BCUT2D eigenvalue weighted by Crippen LogP contribution is -2.32. The van der Waals surface area contributed by atoms with Crippen LogP contribution in [0.25, 0.3) is 6.08 Å². The van der Waals surface area contributed by atoms with Crippen LogP contribution < -0.4 is 0 Å². The van der Waals surface area contributed by atoms with Crippen molar-refractivity contribution in [2.24, 2.45) is 0 Å². The van der Waals surface area contributed by atoms with E-state index >= 15 is 0 Å². The number of sulfonamides is 1. The van der Waals surface area contributed by atoms with Crippen LogP contribution in [0.15, 0.2) is 29.7 Å². The predicted octanol–water partition coefficient (Wildman–Crippen LogP) is 2.10. The first-order valence-corrected chi connectivity index (χ1v) is 7.83. The number of hydrogen-bond acceptors (Lipinski definition) is 3. The lowest BCUT2D eigenvalue weighted by atomic mass is 10.1. The van der Waals surface area contributed by atoms with Crippen molar-refractivity contribution in [3.63, 3.8) is 0 Å². The van der Waals surface area contributed by atoms with E-state index in [4.69, 9.17) is 11.6 Å². The molecular formula is C13H16ClNO3S. The van der Waals surface area contributed by atoms with Crippen LogP contribution in [0.3, 0.4) is 0 Å². The van der Waals surface area contributed by atoms with Crippen molar-refractivity contribution in [3.8, 4) is 0 Å². The van der Waals surface area contributed by atoms with Gasteiger partial charge in [-0.1, -0.05) is 23.7 Å². The Morgan fingerprint density at radius 3 is 2.53 bits per heavy atom. The largest absolute Gasteiger partial charge is 0.389 e. The molecule has 0 bridgehead atoms. The number of nitrogens with zero attached hydrogens (tertiary/aromatic N) is 1. The van der Waals surface area contributed by atoms with Crippen LogP contribution in [-0.2, 0) is 10.0 Å². The molecule has 4 nitrogen and oxygen atoms in total. The van der Waals surface area contributed by atoms with Crippen LogP contribution in [0, 0.1) is 0 Å². The molecule has 1 heterocycles. The van der Waals surface area contributed by atoms with Gasteiger partial charge in [-0.25, -0.2) is 8.42 Å². The Morgan fingerprint density at radius 1 is 1.37 bits per heavy atom. The van der Waals surface area contributed by atoms with Gasteiger partial charge in [-0.3, -0.25) is 0 Å². The summed E-state index contributed by atoms with van der Waals surface area (Å²) >= 11 is 5.76. The van der Waals surface area contributed by atoms with Crippen molar-refractivity contribution < 1.29 is 13.5 Å². The maximum atomic E-state index is 12.1. The smallest absolute Gasteiger partial charge is 0.236 e. The molecular weight excluding hydrogens is 286 g/mol. The van der Waals surface area contributed by atoms with E-state index < -0.39 is 15.6 Å². The zero-order valence-corrected chi connectivity index (χ0v) is 12.2. The second-order valence-electron chi connectivity index (χ2n) is 4.98. The fraction of sp³-hybridized carbons (Fsp3) is 0.385. The van der Waals surface area contributed by atoms with Gasteiger partial charge in [0.1, 0.15) is 0 Å². The third kappa shape index (κ3) is 3.79. The summed E-state index contributed by atoms with van der Waals surface area (Å²) in [4.78, 5) is 0. The Bertz CT molecular complexity index is 578. The van der Waals surface area contributed by atoms with Crippen LogP contribution in [0.1, 0.15) is 18.9 Å². The zero-order chi connectivity index (χ0) is 14.1. The van der Waals surface area contributed by atoms with Gasteiger partial charge in [-0.2, -0.15) is 4.31 Å². The Hall–Kier alpha value is -0.880. The highest BCUT2D eigenvalue weighted by atomic mass is 35.5. The minimum Gasteiger partial charge on any atom is -0.389 e. The minimum atomic E-state index is -3.48. The van der Waals surface area contributed by atoms with Crippen LogP contribution in [0.5, 0.6) is 0 Å². The molecule has 0 amide bonds. The molecule has 1 atom stereocenters. The van der Waals surface area contributed by atoms with E-state index in [9.17, 15) is 13.5 Å². The molecule has 1 aromatic rings. The number of aliphatic hydroxyl groups is 1. The molecule has 2 rings (SSSR count). The summed E-state index contributed by atoms with van der Waals surface area (Å²) < 4.78 is 25.4. The van der Waals surface area contributed by atoms with Crippen molar-refractivity contribution in [1.82, 2.24) is 4.31 Å². The Labute approximate surface area is 118 Å². The third-order valence-electron chi connectivity index (χ3n) is 3.08. The molecule has 1 unspecified atom stereocenters. The van der Waals surface area contributed by atoms with Crippen LogP contribution in [0.4, 0.5) is 0 Å². The lowest BCUT2D eigenvalue weighted by Gasteiger charge is -2.17. The number of halogens is 1. The highest BCUT2D eigenvalue weighted by Crippen LogP contribution is 2.23. The van der Waals surface area contributed by atoms with Gasteiger partial charge < -0.3 is 5.11 Å². The van der Waals surface area contributed by atoms with E-state index in [0.717, 1.165) is 11.0 Å². The molecule has 0 aromatic heterocycles. The normalized spacial score (nSPS) is 25.2. The number of rotatable bonds is 3. The number of β-amino-alcohol motifs (C(OH)–C–C–N with tert-alkyl or cyclic N) is 1. The maximum absolute atomic E-state index is 12.1. The number of benzene rings is 1. The van der Waals surface area contributed by atoms with Crippen molar-refractivity contribution in [2.45, 2.75) is 18.9 Å². The summed E-state index contributed by atoms with van der Waals surface area (Å²) in [5.41, 5.74) is -0.166. The topological polar surface area (TPSA) is 57.6 Å². The average Bonchev–Trinajstić information content (AvgIpc) is 2.70. The van der Waals surface area contributed by atoms with Gasteiger partial charge in [0.15, 0.2) is 0 Å². The molecule has 19 heavy (non-hydrogen) atoms. The molecule has 1 aliphatic heterocycles. The van der Waals surface area contributed by atoms with Crippen molar-refractivity contribution >= 4 is 27.7 Å². The molecule has 6 heteroatoms. The molecule has 1 saturated heterocycles. The summed E-state index contributed by atoms with van der Waals surface area (Å²) in [5, 5.41) is 11.6. The minimum absolute atomic E-state index is 0.139. The molecule has 104 valence electrons. The fourth-order valence-electron chi connectivity index (χ4n) is 1.95. The van der Waals surface area contributed by atoms with E-state index in [0.29, 0.717) is 18.0 Å². The maximum Gasteiger partial charge on any atom is 0.236 e. The second kappa shape index (κ2) is 5.25. The Balaban J connectivity index is 2.11. The first kappa shape index (κ1) is 14.5. The molecule has 1 aliphatic rings. The average molecular weight is 302 g/mol. The van der Waals surface area contributed by atoms with Gasteiger partial charge in [-0.15, -0.1) is 0 Å². The molecule has 1 N–H and O–H groups in total. The predicted molar refractivity (Wildman–Crippen MR) is 76.2 cm³/mol. The van der Waals surface area contributed by atoms with Gasteiger partial charge in [-0.05, 0) is 37.1 Å². The van der Waals surface area contributed by atoms with Gasteiger partial charge in [0, 0.05) is 23.5 Å². The summed E-state index contributed by atoms with van der Waals surface area (Å²) in [7, 11) is -3.48. The molecule has 0 aliphatic carbocycles. The Kier molecular flexibility index (Phi) is 4.01. The highest BCUT2D eigenvalue weighted by Gasteiger charge is 2.36. The summed E-state index contributed by atoms with van der Waals surface area (Å²) in [6.07, 6.45) is 1.99. The Morgan fingerprint density at radius 2 is 2.00 bits per heavy atom. The molecule has 0 radical (unpaired) electrons. The fourth-order valence-corrected chi connectivity index (χ4v) is 3.38. The lowest BCUT2D eigenvalue weighted by molar-refractivity contribution is 0.0763. The molecule has 1 aromatic carbocycles. The first-order chi connectivity index (χ1) is 8.78.